The van der Waals surface area contributed by atoms with Gasteiger partial charge in [-0.25, -0.2) is 0 Å². The second kappa shape index (κ2) is 14.2. The first-order valence-corrected chi connectivity index (χ1v) is 18.7. The van der Waals surface area contributed by atoms with Gasteiger partial charge in [-0.05, 0) is 82.9 Å². The number of phenolic OH excluding ortho intramolecular Hbond substituents is 1. The summed E-state index contributed by atoms with van der Waals surface area (Å²) in [5.41, 5.74) is 11.3. The maximum absolute atomic E-state index is 10.6. The maximum Gasteiger partial charge on any atom is 0.116 e. The van der Waals surface area contributed by atoms with Crippen LogP contribution in [0.1, 0.15) is 22.4 Å². The van der Waals surface area contributed by atoms with E-state index in [9.17, 15) is 5.11 Å². The fourth-order valence-electron chi connectivity index (χ4n) is 7.31. The zero-order valence-corrected chi connectivity index (χ0v) is 29.8. The summed E-state index contributed by atoms with van der Waals surface area (Å²) in [4.78, 5) is 0. The molecule has 2 heterocycles. The zero-order valence-electron chi connectivity index (χ0n) is 29.0. The van der Waals surface area contributed by atoms with Gasteiger partial charge < -0.3 is 15.0 Å². The topological polar surface area (TPSA) is 37.2 Å². The summed E-state index contributed by atoms with van der Waals surface area (Å²) in [6, 6.07) is 48.6. The van der Waals surface area contributed by atoms with Gasteiger partial charge in [-0.1, -0.05) is 127 Å². The minimum absolute atomic E-state index is 0.261. The number of fused-ring (bicyclic) bond motifs is 6. The van der Waals surface area contributed by atoms with Gasteiger partial charge in [0.25, 0.3) is 0 Å². The molecule has 0 saturated heterocycles. The Morgan fingerprint density at radius 1 is 0.642 bits per heavy atom. The van der Waals surface area contributed by atoms with Gasteiger partial charge in [-0.15, -0.1) is 11.3 Å². The molecule has 0 bridgehead atoms. The molecule has 0 amide bonds. The van der Waals surface area contributed by atoms with Gasteiger partial charge in [0.15, 0.2) is 0 Å². The highest BCUT2D eigenvalue weighted by Crippen LogP contribution is 2.39. The minimum atomic E-state index is 0.261. The summed E-state index contributed by atoms with van der Waals surface area (Å²) < 4.78 is 4.97. The molecule has 0 atom stereocenters. The van der Waals surface area contributed by atoms with Crippen molar-refractivity contribution in [3.8, 4) is 22.6 Å². The lowest BCUT2D eigenvalue weighted by atomic mass is 10.0. The van der Waals surface area contributed by atoms with Gasteiger partial charge in [-0.3, -0.25) is 0 Å². The molecule has 2 aromatic heterocycles. The fourth-order valence-corrected chi connectivity index (χ4v) is 8.47. The Morgan fingerprint density at radius 3 is 2.32 bits per heavy atom. The second-order valence-electron chi connectivity index (χ2n) is 13.2. The van der Waals surface area contributed by atoms with Gasteiger partial charge in [0.2, 0.25) is 0 Å². The number of hydrogen-bond donors (Lipinski definition) is 2. The van der Waals surface area contributed by atoms with Crippen LogP contribution in [-0.2, 0) is 6.42 Å². The monoisotopic (exact) mass is 700 g/mol. The lowest BCUT2D eigenvalue weighted by Gasteiger charge is -2.12. The van der Waals surface area contributed by atoms with E-state index in [0.717, 1.165) is 45.4 Å². The maximum atomic E-state index is 10.6. The first-order valence-electron chi connectivity index (χ1n) is 17.9. The summed E-state index contributed by atoms with van der Waals surface area (Å²) in [6.07, 6.45) is 19.8. The van der Waals surface area contributed by atoms with Crippen molar-refractivity contribution in [1.82, 2.24) is 4.57 Å². The van der Waals surface area contributed by atoms with Crippen LogP contribution in [0.3, 0.4) is 0 Å². The number of aromatic nitrogens is 1. The van der Waals surface area contributed by atoms with E-state index in [1.54, 1.807) is 6.07 Å². The highest BCUT2D eigenvalue weighted by atomic mass is 32.1. The van der Waals surface area contributed by atoms with Crippen molar-refractivity contribution in [2.75, 3.05) is 5.32 Å². The summed E-state index contributed by atoms with van der Waals surface area (Å²) in [5, 5.41) is 17.8. The first kappa shape index (κ1) is 32.3. The molecule has 0 unspecified atom stereocenters. The van der Waals surface area contributed by atoms with Crippen molar-refractivity contribution >= 4 is 65.8 Å². The van der Waals surface area contributed by atoms with E-state index < -0.39 is 0 Å². The van der Waals surface area contributed by atoms with Crippen molar-refractivity contribution in [1.29, 1.82) is 0 Å². The Balaban J connectivity index is 0.962. The van der Waals surface area contributed by atoms with Crippen LogP contribution in [0, 0.1) is 0 Å². The number of allylic oxidation sites excluding steroid dienone is 7. The third-order valence-corrected chi connectivity index (χ3v) is 11.0. The average molecular weight is 701 g/mol. The smallest absolute Gasteiger partial charge is 0.116 e. The van der Waals surface area contributed by atoms with Crippen LogP contribution in [0.4, 0.5) is 5.69 Å². The molecule has 0 radical (unpaired) electrons. The molecule has 1 aliphatic rings. The number of phenols is 1. The summed E-state index contributed by atoms with van der Waals surface area (Å²) >= 11 is 1.84. The van der Waals surface area contributed by atoms with Gasteiger partial charge in [0, 0.05) is 66.4 Å². The molecule has 3 nitrogen and oxygen atoms in total. The third-order valence-electron chi connectivity index (χ3n) is 9.83. The summed E-state index contributed by atoms with van der Waals surface area (Å²) in [6.45, 7) is 0. The first-order chi connectivity index (χ1) is 26.2. The SMILES string of the molecule is Oc1ccc2c(c1)c1c(n2-c2ccc(-c3ccccc3)cc2)CC=CC(c2ccccc2N/C=C/C=C\C=C/c2ccc3c(c2)sc2ccccc23)=C1. The Labute approximate surface area is 313 Å². The number of nitrogens with one attached hydrogen (secondary N) is 1. The number of thiophene rings is 1. The fraction of sp³-hybridized carbons (Fsp3) is 0.0204. The Hall–Kier alpha value is -6.62. The van der Waals surface area contributed by atoms with Crippen molar-refractivity contribution in [2.45, 2.75) is 6.42 Å². The average Bonchev–Trinajstić information content (AvgIpc) is 3.62. The number of aromatic hydroxyl groups is 1. The summed E-state index contributed by atoms with van der Waals surface area (Å²) in [7, 11) is 0. The van der Waals surface area contributed by atoms with E-state index in [-0.39, 0.29) is 5.75 Å². The van der Waals surface area contributed by atoms with E-state index in [1.165, 1.54) is 42.6 Å². The molecule has 9 rings (SSSR count). The van der Waals surface area contributed by atoms with E-state index in [0.29, 0.717) is 0 Å². The van der Waals surface area contributed by atoms with E-state index in [1.807, 2.05) is 47.9 Å². The van der Waals surface area contributed by atoms with Crippen molar-refractivity contribution in [3.05, 3.63) is 205 Å². The molecule has 1 aliphatic carbocycles. The number of para-hydroxylation sites is 1. The molecule has 4 heteroatoms. The predicted molar refractivity (Wildman–Crippen MR) is 228 cm³/mol. The number of rotatable bonds is 8. The van der Waals surface area contributed by atoms with Gasteiger partial charge >= 0.3 is 0 Å². The van der Waals surface area contributed by atoms with E-state index >= 15 is 0 Å². The highest BCUT2D eigenvalue weighted by molar-refractivity contribution is 7.25. The number of anilines is 1. The molecule has 0 saturated carbocycles. The predicted octanol–water partition coefficient (Wildman–Crippen LogP) is 13.2. The molecule has 0 fully saturated rings. The normalized spacial score (nSPS) is 13.1. The van der Waals surface area contributed by atoms with Crippen LogP contribution in [0.15, 0.2) is 182 Å². The molecule has 0 spiro atoms. The molecule has 8 aromatic rings. The molecular weight excluding hydrogens is 665 g/mol. The Bertz CT molecular complexity index is 2770. The largest absolute Gasteiger partial charge is 0.508 e. The molecular formula is C49H36N2OS. The minimum Gasteiger partial charge on any atom is -0.508 e. The van der Waals surface area contributed by atoms with E-state index in [4.69, 9.17) is 0 Å². The van der Waals surface area contributed by atoms with Gasteiger partial charge in [-0.2, -0.15) is 0 Å². The van der Waals surface area contributed by atoms with E-state index in [2.05, 4.69) is 162 Å². The van der Waals surface area contributed by atoms with Gasteiger partial charge in [0.05, 0.1) is 5.52 Å². The highest BCUT2D eigenvalue weighted by Gasteiger charge is 2.20. The molecule has 0 aliphatic heterocycles. The van der Waals surface area contributed by atoms with Crippen LogP contribution in [0.2, 0.25) is 0 Å². The molecule has 254 valence electrons. The van der Waals surface area contributed by atoms with Crippen LogP contribution in [0.25, 0.3) is 65.6 Å². The van der Waals surface area contributed by atoms with Crippen molar-refractivity contribution < 1.29 is 5.11 Å². The Morgan fingerprint density at radius 2 is 1.42 bits per heavy atom. The second-order valence-corrected chi connectivity index (χ2v) is 14.2. The van der Waals surface area contributed by atoms with Crippen LogP contribution >= 0.6 is 11.3 Å². The molecule has 53 heavy (non-hydrogen) atoms. The quantitative estimate of drug-likeness (QED) is 0.155. The lowest BCUT2D eigenvalue weighted by molar-refractivity contribution is 0.476. The van der Waals surface area contributed by atoms with Gasteiger partial charge in [0.1, 0.15) is 5.75 Å². The van der Waals surface area contributed by atoms with Crippen molar-refractivity contribution in [2.24, 2.45) is 0 Å². The molecule has 2 N–H and O–H groups in total. The zero-order chi connectivity index (χ0) is 35.6. The number of benzene rings is 6. The Kier molecular flexibility index (Phi) is 8.64. The lowest BCUT2D eigenvalue weighted by Crippen LogP contribution is -2.00. The number of hydrogen-bond acceptors (Lipinski definition) is 3. The summed E-state index contributed by atoms with van der Waals surface area (Å²) in [5.74, 6) is 0.261. The van der Waals surface area contributed by atoms with Crippen LogP contribution in [-0.4, -0.2) is 9.67 Å². The molecule has 6 aromatic carbocycles. The third kappa shape index (κ3) is 6.41. The van der Waals surface area contributed by atoms with Crippen LogP contribution < -0.4 is 5.32 Å². The van der Waals surface area contributed by atoms with Crippen molar-refractivity contribution in [3.63, 3.8) is 0 Å². The standard InChI is InChI=1S/C49H36N2OS/c52-39-27-29-47-44(33-39)43-32-37(16-12-20-46(43)51(47)38-25-23-36(24-26-38)35-14-5-3-6-15-35)40-17-7-9-19-45(40)50-30-11-2-1-4-13-34-22-28-42-41-18-8-10-21-48(41)53-49(42)31-34/h1-19,21-33,50,52H,20H2/b2-1-,13-4-,30-11+. The number of nitrogens with zero attached hydrogens (tertiary/aromatic N) is 1. The van der Waals surface area contributed by atoms with Crippen LogP contribution in [0.5, 0.6) is 5.75 Å².